The molecule has 2 aromatic carbocycles. The van der Waals surface area contributed by atoms with Gasteiger partial charge >= 0.3 is 0 Å². The molecule has 0 atom stereocenters. The minimum absolute atomic E-state index is 0.0135. The third-order valence-corrected chi connectivity index (χ3v) is 7.22. The zero-order valence-electron chi connectivity index (χ0n) is 17.4. The quantitative estimate of drug-likeness (QED) is 0.413. The molecule has 1 aromatic heterocycles. The molecule has 7 nitrogen and oxygen atoms in total. The molecule has 0 unspecified atom stereocenters. The lowest BCUT2D eigenvalue weighted by Crippen LogP contribution is -2.20. The molecule has 9 heteroatoms. The molecular weight excluding hydrogens is 434 g/mol. The van der Waals surface area contributed by atoms with Gasteiger partial charge in [-0.15, -0.1) is 0 Å². The van der Waals surface area contributed by atoms with E-state index in [-0.39, 0.29) is 27.6 Å². The van der Waals surface area contributed by atoms with E-state index in [1.165, 1.54) is 12.1 Å². The summed E-state index contributed by atoms with van der Waals surface area (Å²) in [4.78, 5) is 30.6. The second-order valence-corrected chi connectivity index (χ2v) is 10.2. The van der Waals surface area contributed by atoms with Crippen molar-refractivity contribution in [2.75, 3.05) is 11.1 Å². The summed E-state index contributed by atoms with van der Waals surface area (Å²) in [7, 11) is -4.00. The summed E-state index contributed by atoms with van der Waals surface area (Å²) in [6.07, 6.45) is 1.03. The van der Waals surface area contributed by atoms with Crippen molar-refractivity contribution >= 4 is 33.2 Å². The maximum atomic E-state index is 12.8. The average molecular weight is 458 g/mol. The van der Waals surface area contributed by atoms with Crippen molar-refractivity contribution in [3.63, 3.8) is 0 Å². The van der Waals surface area contributed by atoms with Gasteiger partial charge in [0.25, 0.3) is 5.56 Å². The van der Waals surface area contributed by atoms with E-state index in [1.54, 1.807) is 24.3 Å². The number of H-pyrrole nitrogens is 1. The zero-order chi connectivity index (χ0) is 22.6. The Balaban J connectivity index is 1.69. The first-order valence-electron chi connectivity index (χ1n) is 9.60. The predicted molar refractivity (Wildman–Crippen MR) is 121 cm³/mol. The highest BCUT2D eigenvalue weighted by atomic mass is 32.2. The van der Waals surface area contributed by atoms with Crippen LogP contribution < -0.4 is 10.9 Å². The van der Waals surface area contributed by atoms with Gasteiger partial charge in [-0.05, 0) is 42.7 Å². The van der Waals surface area contributed by atoms with Crippen LogP contribution in [0.25, 0.3) is 0 Å². The minimum atomic E-state index is -4.00. The van der Waals surface area contributed by atoms with Gasteiger partial charge in [0, 0.05) is 5.69 Å². The second-order valence-electron chi connectivity index (χ2n) is 7.31. The number of anilines is 1. The highest BCUT2D eigenvalue weighted by molar-refractivity contribution is 7.99. The molecule has 0 saturated carbocycles. The number of carbonyl (C=O) groups excluding carboxylic acids is 1. The van der Waals surface area contributed by atoms with Crippen LogP contribution in [0.1, 0.15) is 30.9 Å². The average Bonchev–Trinajstić information content (AvgIpc) is 2.74. The first-order chi connectivity index (χ1) is 14.7. The molecule has 3 aromatic rings. The van der Waals surface area contributed by atoms with Crippen LogP contribution >= 0.6 is 11.8 Å². The predicted octanol–water partition coefficient (Wildman–Crippen LogP) is 3.77. The Labute approximate surface area is 185 Å². The molecule has 3 rings (SSSR count). The number of sulfone groups is 1. The van der Waals surface area contributed by atoms with Crippen LogP contribution in [0.3, 0.4) is 0 Å². The maximum Gasteiger partial charge on any atom is 0.270 e. The number of aromatic amines is 1. The van der Waals surface area contributed by atoms with Gasteiger partial charge in [0.05, 0.1) is 16.8 Å². The van der Waals surface area contributed by atoms with Crippen molar-refractivity contribution in [3.8, 4) is 0 Å². The van der Waals surface area contributed by atoms with Crippen LogP contribution in [-0.2, 0) is 14.6 Å². The molecule has 0 aliphatic heterocycles. The van der Waals surface area contributed by atoms with Crippen molar-refractivity contribution in [2.45, 2.75) is 41.6 Å². The first-order valence-corrected chi connectivity index (χ1v) is 12.1. The van der Waals surface area contributed by atoms with E-state index >= 15 is 0 Å². The van der Waals surface area contributed by atoms with Crippen molar-refractivity contribution in [1.82, 2.24) is 9.97 Å². The van der Waals surface area contributed by atoms with Crippen molar-refractivity contribution in [1.29, 1.82) is 0 Å². The second kappa shape index (κ2) is 9.49. The topological polar surface area (TPSA) is 109 Å². The van der Waals surface area contributed by atoms with Crippen molar-refractivity contribution in [3.05, 3.63) is 76.2 Å². The van der Waals surface area contributed by atoms with Gasteiger partial charge in [-0.1, -0.05) is 55.4 Å². The van der Waals surface area contributed by atoms with E-state index in [2.05, 4.69) is 15.3 Å². The minimum Gasteiger partial charge on any atom is -0.325 e. The summed E-state index contributed by atoms with van der Waals surface area (Å²) in [5.41, 5.74) is 1.98. The van der Waals surface area contributed by atoms with Gasteiger partial charge in [-0.25, -0.2) is 13.4 Å². The van der Waals surface area contributed by atoms with E-state index in [0.717, 1.165) is 29.1 Å². The normalized spacial score (nSPS) is 11.5. The lowest BCUT2D eigenvalue weighted by atomic mass is 10.0. The van der Waals surface area contributed by atoms with Crippen LogP contribution in [0.2, 0.25) is 0 Å². The summed E-state index contributed by atoms with van der Waals surface area (Å²) >= 11 is 1.01. The van der Waals surface area contributed by atoms with E-state index < -0.39 is 20.3 Å². The first kappa shape index (κ1) is 22.8. The van der Waals surface area contributed by atoms with Crippen LogP contribution in [0, 0.1) is 6.92 Å². The fourth-order valence-electron chi connectivity index (χ4n) is 2.76. The Hall–Kier alpha value is -2.91. The number of hydrogen-bond acceptors (Lipinski definition) is 6. The smallest absolute Gasteiger partial charge is 0.270 e. The van der Waals surface area contributed by atoms with E-state index in [9.17, 15) is 18.0 Å². The fourth-order valence-corrected chi connectivity index (χ4v) is 4.63. The highest BCUT2D eigenvalue weighted by Crippen LogP contribution is 2.22. The van der Waals surface area contributed by atoms with Crippen LogP contribution in [-0.4, -0.2) is 30.0 Å². The van der Waals surface area contributed by atoms with Gasteiger partial charge in [-0.2, -0.15) is 0 Å². The number of rotatable bonds is 7. The van der Waals surface area contributed by atoms with Gasteiger partial charge in [0.15, 0.2) is 10.1 Å². The molecule has 162 valence electrons. The van der Waals surface area contributed by atoms with Crippen LogP contribution in [0.5, 0.6) is 0 Å². The van der Waals surface area contributed by atoms with Crippen molar-refractivity contribution < 1.29 is 13.2 Å². The molecule has 0 aliphatic rings. The lowest BCUT2D eigenvalue weighted by Gasteiger charge is -2.08. The van der Waals surface area contributed by atoms with Gasteiger partial charge < -0.3 is 10.3 Å². The van der Waals surface area contributed by atoms with Crippen molar-refractivity contribution in [2.24, 2.45) is 0 Å². The summed E-state index contributed by atoms with van der Waals surface area (Å²) in [6.45, 7) is 5.97. The number of benzene rings is 2. The number of carbonyl (C=O) groups is 1. The Morgan fingerprint density at radius 2 is 1.74 bits per heavy atom. The largest absolute Gasteiger partial charge is 0.325 e. The summed E-state index contributed by atoms with van der Waals surface area (Å²) < 4.78 is 25.6. The third kappa shape index (κ3) is 5.62. The van der Waals surface area contributed by atoms with E-state index in [4.69, 9.17) is 0 Å². The number of nitrogens with one attached hydrogen (secondary N) is 2. The summed E-state index contributed by atoms with van der Waals surface area (Å²) in [6, 6.07) is 13.8. The molecule has 0 saturated heterocycles. The van der Waals surface area contributed by atoms with E-state index in [0.29, 0.717) is 5.69 Å². The maximum absolute atomic E-state index is 12.8. The molecule has 0 bridgehead atoms. The molecular formula is C22H23N3O4S2. The monoisotopic (exact) mass is 457 g/mol. The SMILES string of the molecule is Cc1ccc(NC(=O)CSc2ncc(S(=O)(=O)c3ccc(C(C)C)cc3)c(=O)[nH]2)cc1. The lowest BCUT2D eigenvalue weighted by molar-refractivity contribution is -0.113. The number of amides is 1. The number of aromatic nitrogens is 2. The Morgan fingerprint density at radius 1 is 1.10 bits per heavy atom. The van der Waals surface area contributed by atoms with Crippen LogP contribution in [0.15, 0.2) is 74.5 Å². The zero-order valence-corrected chi connectivity index (χ0v) is 19.0. The Bertz CT molecular complexity index is 1230. The van der Waals surface area contributed by atoms with Gasteiger partial charge in [0.2, 0.25) is 15.7 Å². The Morgan fingerprint density at radius 3 is 2.32 bits per heavy atom. The van der Waals surface area contributed by atoms with Gasteiger partial charge in [-0.3, -0.25) is 9.59 Å². The van der Waals surface area contributed by atoms with E-state index in [1.807, 2.05) is 32.9 Å². The number of nitrogens with zero attached hydrogens (tertiary/aromatic N) is 1. The summed E-state index contributed by atoms with van der Waals surface area (Å²) in [5.74, 6) is 0.0133. The summed E-state index contributed by atoms with van der Waals surface area (Å²) in [5, 5.41) is 2.91. The molecule has 0 spiro atoms. The van der Waals surface area contributed by atoms with Crippen LogP contribution in [0.4, 0.5) is 5.69 Å². The third-order valence-electron chi connectivity index (χ3n) is 4.57. The molecule has 1 amide bonds. The fraction of sp³-hybridized carbons (Fsp3) is 0.227. The standard InChI is InChI=1S/C22H23N3O4S2/c1-14(2)16-6-10-18(11-7-16)31(28,29)19-12-23-22(25-21(19)27)30-13-20(26)24-17-8-4-15(3)5-9-17/h4-12,14H,13H2,1-3H3,(H,24,26)(H,23,25,27). The number of hydrogen-bond donors (Lipinski definition) is 2. The van der Waals surface area contributed by atoms with Gasteiger partial charge in [0.1, 0.15) is 0 Å². The Kier molecular flexibility index (Phi) is 6.97. The molecule has 2 N–H and O–H groups in total. The molecule has 0 aliphatic carbocycles. The highest BCUT2D eigenvalue weighted by Gasteiger charge is 2.22. The molecule has 0 fully saturated rings. The number of aryl methyl sites for hydroxylation is 1. The molecule has 0 radical (unpaired) electrons. The molecule has 31 heavy (non-hydrogen) atoms. The molecule has 1 heterocycles. The number of thioether (sulfide) groups is 1.